The highest BCUT2D eigenvalue weighted by Gasteiger charge is 2.24. The van der Waals surface area contributed by atoms with E-state index in [9.17, 15) is 9.90 Å². The molecule has 0 saturated carbocycles. The number of nitrogens with zero attached hydrogens (tertiary/aromatic N) is 3. The summed E-state index contributed by atoms with van der Waals surface area (Å²) in [5.74, 6) is 0. The number of hydrogen-bond acceptors (Lipinski definition) is 6. The van der Waals surface area contributed by atoms with Gasteiger partial charge in [-0.3, -0.25) is 9.36 Å². The Labute approximate surface area is 147 Å². The molecule has 0 spiro atoms. The third kappa shape index (κ3) is 2.53. The second kappa shape index (κ2) is 5.45. The van der Waals surface area contributed by atoms with Crippen LogP contribution in [-0.4, -0.2) is 19.6 Å². The summed E-state index contributed by atoms with van der Waals surface area (Å²) in [5, 5.41) is 10.9. The lowest BCUT2D eigenvalue weighted by atomic mass is 10.0. The van der Waals surface area contributed by atoms with Gasteiger partial charge in [0.2, 0.25) is 0 Å². The zero-order chi connectivity index (χ0) is 17.8. The average molecular weight is 352 g/mol. The lowest BCUT2D eigenvalue weighted by Gasteiger charge is -2.18. The molecule has 3 aromatic heterocycles. The summed E-state index contributed by atoms with van der Waals surface area (Å²) >= 11 is 1.26. The van der Waals surface area contributed by atoms with Crippen molar-refractivity contribution in [2.45, 2.75) is 19.6 Å². The second-order valence-corrected chi connectivity index (χ2v) is 7.22. The molecule has 3 N–H and O–H groups in total. The van der Waals surface area contributed by atoms with Gasteiger partial charge in [0, 0.05) is 17.1 Å². The van der Waals surface area contributed by atoms with Crippen molar-refractivity contribution in [2.24, 2.45) is 5.73 Å². The van der Waals surface area contributed by atoms with Crippen LogP contribution in [-0.2, 0) is 5.72 Å². The minimum absolute atomic E-state index is 0.167. The molecule has 1 atom stereocenters. The minimum Gasteiger partial charge on any atom is -0.372 e. The monoisotopic (exact) mass is 352 g/mol. The first-order valence-electron chi connectivity index (χ1n) is 7.74. The van der Waals surface area contributed by atoms with Crippen molar-refractivity contribution in [2.75, 3.05) is 0 Å². The first kappa shape index (κ1) is 15.9. The van der Waals surface area contributed by atoms with Gasteiger partial charge in [-0.25, -0.2) is 9.97 Å². The highest BCUT2D eigenvalue weighted by atomic mass is 32.1. The number of aromatic nitrogens is 3. The van der Waals surface area contributed by atoms with E-state index in [1.54, 1.807) is 12.3 Å². The molecule has 0 bridgehead atoms. The summed E-state index contributed by atoms with van der Waals surface area (Å²) in [6.07, 6.45) is 3.08. The van der Waals surface area contributed by atoms with Crippen LogP contribution in [0.4, 0.5) is 0 Å². The topological polar surface area (TPSA) is 94.0 Å². The molecule has 4 rings (SSSR count). The van der Waals surface area contributed by atoms with Gasteiger partial charge in [-0.2, -0.15) is 0 Å². The van der Waals surface area contributed by atoms with E-state index < -0.39 is 5.72 Å². The number of aliphatic hydroxyl groups is 1. The van der Waals surface area contributed by atoms with E-state index >= 15 is 0 Å². The highest BCUT2D eigenvalue weighted by molar-refractivity contribution is 7.25. The number of hydrogen-bond donors (Lipinski definition) is 2. The Bertz CT molecular complexity index is 1150. The van der Waals surface area contributed by atoms with E-state index in [4.69, 9.17) is 5.73 Å². The maximum absolute atomic E-state index is 13.0. The fraction of sp³-hybridized carbons (Fsp3) is 0.167. The molecule has 6 nitrogen and oxygen atoms in total. The van der Waals surface area contributed by atoms with Crippen LogP contribution in [0.5, 0.6) is 0 Å². The third-order valence-electron chi connectivity index (χ3n) is 4.14. The summed E-state index contributed by atoms with van der Waals surface area (Å²) in [4.78, 5) is 22.4. The Balaban J connectivity index is 2.05. The van der Waals surface area contributed by atoms with Crippen molar-refractivity contribution in [1.82, 2.24) is 14.5 Å². The molecular formula is C18H16N4O2S. The molecule has 0 unspecified atom stereocenters. The van der Waals surface area contributed by atoms with Crippen LogP contribution in [0.25, 0.3) is 26.1 Å². The maximum Gasteiger partial charge on any atom is 0.275 e. The summed E-state index contributed by atoms with van der Waals surface area (Å²) in [6.45, 7) is 3.49. The average Bonchev–Trinajstić information content (AvgIpc) is 2.95. The van der Waals surface area contributed by atoms with Crippen molar-refractivity contribution >= 4 is 31.8 Å². The molecule has 25 heavy (non-hydrogen) atoms. The van der Waals surface area contributed by atoms with E-state index in [2.05, 4.69) is 9.97 Å². The predicted octanol–water partition coefficient (Wildman–Crippen LogP) is 2.43. The highest BCUT2D eigenvalue weighted by Crippen LogP contribution is 2.34. The van der Waals surface area contributed by atoms with Crippen LogP contribution in [0.1, 0.15) is 18.1 Å². The van der Waals surface area contributed by atoms with Gasteiger partial charge in [0.05, 0.1) is 11.2 Å². The molecule has 1 aromatic carbocycles. The number of rotatable bonds is 2. The van der Waals surface area contributed by atoms with Gasteiger partial charge in [0.1, 0.15) is 21.6 Å². The molecule has 4 aromatic rings. The second-order valence-electron chi connectivity index (χ2n) is 6.22. The zero-order valence-electron chi connectivity index (χ0n) is 13.7. The maximum atomic E-state index is 13.0. The molecule has 3 heterocycles. The van der Waals surface area contributed by atoms with E-state index in [-0.39, 0.29) is 5.56 Å². The minimum atomic E-state index is -1.54. The predicted molar refractivity (Wildman–Crippen MR) is 99.0 cm³/mol. The quantitative estimate of drug-likeness (QED) is 0.540. The van der Waals surface area contributed by atoms with E-state index in [1.807, 2.05) is 31.2 Å². The summed E-state index contributed by atoms with van der Waals surface area (Å²) in [7, 11) is 0. The van der Waals surface area contributed by atoms with Crippen LogP contribution in [0.2, 0.25) is 0 Å². The Morgan fingerprint density at radius 1 is 1.20 bits per heavy atom. The van der Waals surface area contributed by atoms with Gasteiger partial charge in [0.25, 0.3) is 5.56 Å². The van der Waals surface area contributed by atoms with Gasteiger partial charge >= 0.3 is 0 Å². The molecular weight excluding hydrogens is 336 g/mol. The smallest absolute Gasteiger partial charge is 0.275 e. The first-order chi connectivity index (χ1) is 11.9. The SMILES string of the molecule is Cc1ccc(-n2cnc3c(sc4nccc([C@](C)(N)O)c43)c2=O)cc1. The molecule has 0 aliphatic heterocycles. The van der Waals surface area contributed by atoms with E-state index in [0.717, 1.165) is 11.3 Å². The molecule has 7 heteroatoms. The normalized spacial score (nSPS) is 14.1. The zero-order valence-corrected chi connectivity index (χ0v) is 14.5. The van der Waals surface area contributed by atoms with Gasteiger partial charge < -0.3 is 10.8 Å². The Morgan fingerprint density at radius 2 is 1.92 bits per heavy atom. The number of nitrogens with two attached hydrogens (primary N) is 1. The van der Waals surface area contributed by atoms with Gasteiger partial charge in [0.15, 0.2) is 0 Å². The van der Waals surface area contributed by atoms with Gasteiger partial charge in [-0.05, 0) is 32.0 Å². The molecule has 0 radical (unpaired) electrons. The van der Waals surface area contributed by atoms with Crippen LogP contribution in [0, 0.1) is 6.92 Å². The number of pyridine rings is 1. The fourth-order valence-electron chi connectivity index (χ4n) is 2.86. The third-order valence-corrected chi connectivity index (χ3v) is 5.21. The van der Waals surface area contributed by atoms with Crippen molar-refractivity contribution in [3.05, 3.63) is 64.3 Å². The Hall–Kier alpha value is -2.61. The lowest BCUT2D eigenvalue weighted by Crippen LogP contribution is -2.32. The van der Waals surface area contributed by atoms with Gasteiger partial charge in [-0.15, -0.1) is 11.3 Å². The molecule has 0 fully saturated rings. The number of benzene rings is 1. The van der Waals surface area contributed by atoms with Crippen LogP contribution < -0.4 is 11.3 Å². The van der Waals surface area contributed by atoms with Crippen LogP contribution in [0.3, 0.4) is 0 Å². The van der Waals surface area contributed by atoms with Crippen LogP contribution >= 0.6 is 11.3 Å². The number of fused-ring (bicyclic) bond motifs is 3. The first-order valence-corrected chi connectivity index (χ1v) is 8.55. The summed E-state index contributed by atoms with van der Waals surface area (Å²) in [6, 6.07) is 9.31. The Kier molecular flexibility index (Phi) is 3.47. The molecule has 0 aliphatic rings. The van der Waals surface area contributed by atoms with Crippen LogP contribution in [0.15, 0.2) is 47.7 Å². The molecule has 0 amide bonds. The fourth-order valence-corrected chi connectivity index (χ4v) is 3.92. The van der Waals surface area contributed by atoms with E-state index in [1.165, 1.54) is 29.2 Å². The molecule has 126 valence electrons. The van der Waals surface area contributed by atoms with Crippen molar-refractivity contribution in [1.29, 1.82) is 0 Å². The lowest BCUT2D eigenvalue weighted by molar-refractivity contribution is 0.0663. The summed E-state index contributed by atoms with van der Waals surface area (Å²) < 4.78 is 2.00. The Morgan fingerprint density at radius 3 is 2.60 bits per heavy atom. The largest absolute Gasteiger partial charge is 0.372 e. The molecule has 0 saturated heterocycles. The molecule has 0 aliphatic carbocycles. The van der Waals surface area contributed by atoms with E-state index in [0.29, 0.717) is 26.0 Å². The summed E-state index contributed by atoms with van der Waals surface area (Å²) in [5.41, 5.74) is 7.05. The van der Waals surface area contributed by atoms with Crippen molar-refractivity contribution in [3.63, 3.8) is 0 Å². The van der Waals surface area contributed by atoms with Crippen molar-refractivity contribution < 1.29 is 5.11 Å². The van der Waals surface area contributed by atoms with Crippen molar-refractivity contribution in [3.8, 4) is 5.69 Å². The number of aryl methyl sites for hydroxylation is 1. The van der Waals surface area contributed by atoms with Gasteiger partial charge in [-0.1, -0.05) is 17.7 Å². The standard InChI is InChI=1S/C18H16N4O2S/c1-10-3-5-11(6-4-10)22-9-21-14-13-12(18(2,19)24)7-8-20-16(13)25-15(14)17(22)23/h3-9,24H,19H2,1-2H3/t18-/m1/s1. The number of thiophene rings is 1.